The van der Waals surface area contributed by atoms with Crippen LogP contribution in [-0.2, 0) is 6.42 Å². The summed E-state index contributed by atoms with van der Waals surface area (Å²) < 4.78 is 0. The van der Waals surface area contributed by atoms with Gasteiger partial charge in [0.15, 0.2) is 0 Å². The van der Waals surface area contributed by atoms with Gasteiger partial charge in [0.1, 0.15) is 0 Å². The summed E-state index contributed by atoms with van der Waals surface area (Å²) in [5.41, 5.74) is 8.87. The van der Waals surface area contributed by atoms with Gasteiger partial charge in [0, 0.05) is 12.1 Å². The van der Waals surface area contributed by atoms with E-state index in [-0.39, 0.29) is 6.04 Å². The lowest BCUT2D eigenvalue weighted by Gasteiger charge is -2.22. The Kier molecular flexibility index (Phi) is 4.61. The molecule has 0 aliphatic carbocycles. The van der Waals surface area contributed by atoms with Crippen molar-refractivity contribution >= 4 is 0 Å². The fourth-order valence-corrected chi connectivity index (χ4v) is 3.54. The second kappa shape index (κ2) is 7.20. The second-order valence-electron chi connectivity index (χ2n) is 6.95. The molecule has 26 heavy (non-hydrogen) atoms. The smallest absolute Gasteiger partial charge is 0.0952 e. The molecule has 1 unspecified atom stereocenters. The third kappa shape index (κ3) is 3.29. The predicted molar refractivity (Wildman–Crippen MR) is 109 cm³/mol. The SMILES string of the molecule is Cc1ccc(-c2ccccc2C#CC2NCCc3ccccc32)cc1C. The third-order valence-electron chi connectivity index (χ3n) is 5.21. The maximum atomic E-state index is 3.55. The van der Waals surface area contributed by atoms with Crippen LogP contribution in [0.4, 0.5) is 0 Å². The Labute approximate surface area is 156 Å². The second-order valence-corrected chi connectivity index (χ2v) is 6.95. The molecule has 4 rings (SSSR count). The fraction of sp³-hybridized carbons (Fsp3) is 0.200. The minimum atomic E-state index is 0.104. The van der Waals surface area contributed by atoms with Crippen molar-refractivity contribution in [1.29, 1.82) is 0 Å². The zero-order valence-electron chi connectivity index (χ0n) is 15.3. The van der Waals surface area contributed by atoms with Gasteiger partial charge in [0.25, 0.3) is 0 Å². The number of benzene rings is 3. The monoisotopic (exact) mass is 337 g/mol. The molecule has 0 saturated heterocycles. The summed E-state index contributed by atoms with van der Waals surface area (Å²) in [6, 6.07) is 23.8. The highest BCUT2D eigenvalue weighted by atomic mass is 14.9. The molecule has 0 spiro atoms. The average molecular weight is 337 g/mol. The van der Waals surface area contributed by atoms with Crippen LogP contribution in [0.1, 0.15) is 33.9 Å². The first-order chi connectivity index (χ1) is 12.7. The summed E-state index contributed by atoms with van der Waals surface area (Å²) in [5.74, 6) is 6.91. The minimum absolute atomic E-state index is 0.104. The lowest BCUT2D eigenvalue weighted by molar-refractivity contribution is 0.594. The van der Waals surface area contributed by atoms with Crippen LogP contribution in [0.15, 0.2) is 66.7 Å². The molecular weight excluding hydrogens is 314 g/mol. The van der Waals surface area contributed by atoms with Gasteiger partial charge in [-0.3, -0.25) is 5.32 Å². The zero-order chi connectivity index (χ0) is 17.9. The van der Waals surface area contributed by atoms with E-state index in [0.29, 0.717) is 0 Å². The molecule has 1 nitrogen and oxygen atoms in total. The summed E-state index contributed by atoms with van der Waals surface area (Å²) in [4.78, 5) is 0. The molecule has 0 fully saturated rings. The van der Waals surface area contributed by atoms with Crippen molar-refractivity contribution in [2.45, 2.75) is 26.3 Å². The number of nitrogens with one attached hydrogen (secondary N) is 1. The number of hydrogen-bond acceptors (Lipinski definition) is 1. The zero-order valence-corrected chi connectivity index (χ0v) is 15.3. The van der Waals surface area contributed by atoms with Gasteiger partial charge in [-0.25, -0.2) is 0 Å². The van der Waals surface area contributed by atoms with Crippen LogP contribution in [0.5, 0.6) is 0 Å². The van der Waals surface area contributed by atoms with E-state index in [2.05, 4.69) is 97.7 Å². The molecule has 0 amide bonds. The lowest BCUT2D eigenvalue weighted by Crippen LogP contribution is -2.28. The van der Waals surface area contributed by atoms with Crippen molar-refractivity contribution < 1.29 is 0 Å². The molecule has 128 valence electrons. The first-order valence-electron chi connectivity index (χ1n) is 9.22. The normalized spacial score (nSPS) is 15.7. The van der Waals surface area contributed by atoms with Crippen LogP contribution in [0, 0.1) is 25.7 Å². The quantitative estimate of drug-likeness (QED) is 0.601. The summed E-state index contributed by atoms with van der Waals surface area (Å²) >= 11 is 0. The molecule has 0 bridgehead atoms. The van der Waals surface area contributed by atoms with Crippen molar-refractivity contribution in [3.63, 3.8) is 0 Å². The molecule has 1 aliphatic heterocycles. The first-order valence-corrected chi connectivity index (χ1v) is 9.22. The largest absolute Gasteiger partial charge is 0.300 e. The Bertz CT molecular complexity index is 1000. The van der Waals surface area contributed by atoms with Crippen LogP contribution in [-0.4, -0.2) is 6.54 Å². The fourth-order valence-electron chi connectivity index (χ4n) is 3.54. The maximum absolute atomic E-state index is 3.55. The van der Waals surface area contributed by atoms with Gasteiger partial charge in [0.05, 0.1) is 6.04 Å². The van der Waals surface area contributed by atoms with E-state index in [4.69, 9.17) is 0 Å². The van der Waals surface area contributed by atoms with Crippen LogP contribution in [0.2, 0.25) is 0 Å². The molecule has 0 radical (unpaired) electrons. The van der Waals surface area contributed by atoms with Crippen LogP contribution in [0.25, 0.3) is 11.1 Å². The van der Waals surface area contributed by atoms with E-state index in [1.165, 1.54) is 33.4 Å². The Hall–Kier alpha value is -2.82. The highest BCUT2D eigenvalue weighted by Gasteiger charge is 2.16. The van der Waals surface area contributed by atoms with Gasteiger partial charge in [0.2, 0.25) is 0 Å². The highest BCUT2D eigenvalue weighted by molar-refractivity contribution is 5.72. The summed E-state index contributed by atoms with van der Waals surface area (Å²) in [6.45, 7) is 5.29. The molecule has 1 aliphatic rings. The van der Waals surface area contributed by atoms with Gasteiger partial charge in [-0.05, 0) is 59.7 Å². The number of rotatable bonds is 1. The third-order valence-corrected chi connectivity index (χ3v) is 5.21. The first kappa shape index (κ1) is 16.6. The van der Waals surface area contributed by atoms with E-state index in [1.54, 1.807) is 0 Å². The summed E-state index contributed by atoms with van der Waals surface area (Å²) in [5, 5.41) is 3.55. The lowest BCUT2D eigenvalue weighted by atomic mass is 9.93. The van der Waals surface area contributed by atoms with E-state index < -0.39 is 0 Å². The number of aryl methyl sites for hydroxylation is 2. The Balaban J connectivity index is 1.71. The van der Waals surface area contributed by atoms with Crippen LogP contribution >= 0.6 is 0 Å². The Morgan fingerprint density at radius 1 is 0.885 bits per heavy atom. The van der Waals surface area contributed by atoms with Crippen molar-refractivity contribution in [2.24, 2.45) is 0 Å². The average Bonchev–Trinajstić information content (AvgIpc) is 2.69. The van der Waals surface area contributed by atoms with E-state index in [0.717, 1.165) is 18.5 Å². The summed E-state index contributed by atoms with van der Waals surface area (Å²) in [6.07, 6.45) is 1.08. The number of hydrogen-bond donors (Lipinski definition) is 1. The van der Waals surface area contributed by atoms with Crippen molar-refractivity contribution in [3.05, 3.63) is 94.5 Å². The predicted octanol–water partition coefficient (Wildman–Crippen LogP) is 5.21. The molecular formula is C25H23N. The van der Waals surface area contributed by atoms with Crippen molar-refractivity contribution in [1.82, 2.24) is 5.32 Å². The molecule has 0 saturated carbocycles. The van der Waals surface area contributed by atoms with Crippen LogP contribution in [0.3, 0.4) is 0 Å². The molecule has 0 aromatic heterocycles. The van der Waals surface area contributed by atoms with E-state index in [1.807, 2.05) is 0 Å². The highest BCUT2D eigenvalue weighted by Crippen LogP contribution is 2.26. The van der Waals surface area contributed by atoms with Gasteiger partial charge in [-0.1, -0.05) is 72.5 Å². The standard InChI is InChI=1S/C25H23N/c1-18-11-12-22(17-19(18)2)23-9-5-3-7-20(23)13-14-25-24-10-6-4-8-21(24)15-16-26-25/h3-12,17,25-26H,15-16H2,1-2H3. The Morgan fingerprint density at radius 2 is 1.69 bits per heavy atom. The Morgan fingerprint density at radius 3 is 2.58 bits per heavy atom. The van der Waals surface area contributed by atoms with Gasteiger partial charge in [-0.15, -0.1) is 0 Å². The minimum Gasteiger partial charge on any atom is -0.300 e. The topological polar surface area (TPSA) is 12.0 Å². The van der Waals surface area contributed by atoms with E-state index >= 15 is 0 Å². The molecule has 3 aromatic rings. The van der Waals surface area contributed by atoms with Gasteiger partial charge < -0.3 is 0 Å². The van der Waals surface area contributed by atoms with Gasteiger partial charge >= 0.3 is 0 Å². The number of fused-ring (bicyclic) bond motifs is 1. The molecule has 1 heterocycles. The van der Waals surface area contributed by atoms with Gasteiger partial charge in [-0.2, -0.15) is 0 Å². The molecule has 1 heteroatoms. The van der Waals surface area contributed by atoms with Crippen molar-refractivity contribution in [2.75, 3.05) is 6.54 Å². The van der Waals surface area contributed by atoms with E-state index in [9.17, 15) is 0 Å². The summed E-state index contributed by atoms with van der Waals surface area (Å²) in [7, 11) is 0. The van der Waals surface area contributed by atoms with Crippen molar-refractivity contribution in [3.8, 4) is 23.0 Å². The molecule has 1 atom stereocenters. The maximum Gasteiger partial charge on any atom is 0.0952 e. The van der Waals surface area contributed by atoms with Crippen LogP contribution < -0.4 is 5.32 Å². The molecule has 3 aromatic carbocycles. The molecule has 1 N–H and O–H groups in total.